The second-order valence-electron chi connectivity index (χ2n) is 13.1. The number of ether oxygens (including phenoxy) is 4. The lowest BCUT2D eigenvalue weighted by molar-refractivity contribution is -0.136. The molecule has 3 aromatic rings. The van der Waals surface area contributed by atoms with Crippen molar-refractivity contribution in [1.29, 1.82) is 0 Å². The summed E-state index contributed by atoms with van der Waals surface area (Å²) in [5.41, 5.74) is 0.530. The van der Waals surface area contributed by atoms with E-state index in [2.05, 4.69) is 15.3 Å². The Bertz CT molecular complexity index is 1580. The van der Waals surface area contributed by atoms with E-state index >= 15 is 0 Å². The van der Waals surface area contributed by atoms with E-state index in [-0.39, 0.29) is 43.2 Å². The monoisotopic (exact) mass is 592 g/mol. The summed E-state index contributed by atoms with van der Waals surface area (Å²) in [7, 11) is 0. The van der Waals surface area contributed by atoms with Gasteiger partial charge in [0.2, 0.25) is 12.7 Å². The predicted octanol–water partition coefficient (Wildman–Crippen LogP) is 4.88. The van der Waals surface area contributed by atoms with Crippen molar-refractivity contribution in [2.24, 2.45) is 10.8 Å². The zero-order chi connectivity index (χ0) is 30.9. The van der Waals surface area contributed by atoms with Crippen molar-refractivity contribution in [3.63, 3.8) is 0 Å². The molecule has 11 nitrogen and oxygen atoms in total. The number of aromatic nitrogens is 2. The summed E-state index contributed by atoms with van der Waals surface area (Å²) in [5, 5.41) is 2.81. The van der Waals surface area contributed by atoms with Crippen molar-refractivity contribution in [2.45, 2.75) is 66.5 Å². The lowest BCUT2D eigenvalue weighted by atomic mass is 9.85. The van der Waals surface area contributed by atoms with Gasteiger partial charge in [-0.2, -0.15) is 0 Å². The van der Waals surface area contributed by atoms with Crippen molar-refractivity contribution in [3.05, 3.63) is 46.8 Å². The Morgan fingerprint density at radius 3 is 2.65 bits per heavy atom. The Labute approximate surface area is 250 Å². The molecule has 230 valence electrons. The van der Waals surface area contributed by atoms with Gasteiger partial charge < -0.3 is 34.1 Å². The molecule has 1 aromatic heterocycles. The van der Waals surface area contributed by atoms with Crippen LogP contribution in [0.3, 0.4) is 0 Å². The van der Waals surface area contributed by atoms with Crippen molar-refractivity contribution in [2.75, 3.05) is 26.6 Å². The van der Waals surface area contributed by atoms with Gasteiger partial charge in [-0.3, -0.25) is 9.59 Å². The maximum atomic E-state index is 13.3. The van der Waals surface area contributed by atoms with Gasteiger partial charge in [0.25, 0.3) is 5.56 Å². The fraction of sp³-hybridized carbons (Fsp3) is 0.500. The molecule has 11 heteroatoms. The SMILES string of the molecule is CC1CCCN1C(=O)[C@@H](NC(=O)OCC(C)(C)COc1cccc(-c2nc3ccc4c(c3[nH]c2=O)OCO4)c1)C(C)(C)C. The molecule has 0 aliphatic carbocycles. The molecule has 3 heterocycles. The Morgan fingerprint density at radius 2 is 1.93 bits per heavy atom. The molecule has 0 radical (unpaired) electrons. The minimum atomic E-state index is -0.698. The molecule has 0 spiro atoms. The lowest BCUT2D eigenvalue weighted by Crippen LogP contribution is -2.55. The van der Waals surface area contributed by atoms with E-state index in [4.69, 9.17) is 18.9 Å². The fourth-order valence-corrected chi connectivity index (χ4v) is 5.26. The topological polar surface area (TPSA) is 132 Å². The van der Waals surface area contributed by atoms with E-state index < -0.39 is 23.0 Å². The third-order valence-corrected chi connectivity index (χ3v) is 7.75. The van der Waals surface area contributed by atoms with Crippen molar-refractivity contribution >= 4 is 23.0 Å². The average Bonchev–Trinajstić information content (AvgIpc) is 3.62. The molecule has 43 heavy (non-hydrogen) atoms. The van der Waals surface area contributed by atoms with Crippen LogP contribution in [0.25, 0.3) is 22.3 Å². The Morgan fingerprint density at radius 1 is 1.14 bits per heavy atom. The molecule has 2 N–H and O–H groups in total. The summed E-state index contributed by atoms with van der Waals surface area (Å²) in [4.78, 5) is 48.3. The number of carbonyl (C=O) groups excluding carboxylic acids is 2. The number of carbonyl (C=O) groups is 2. The number of amides is 2. The Kier molecular flexibility index (Phi) is 8.27. The largest absolute Gasteiger partial charge is 0.493 e. The van der Waals surface area contributed by atoms with E-state index in [1.165, 1.54) is 0 Å². The maximum absolute atomic E-state index is 13.3. The second kappa shape index (κ2) is 11.8. The number of nitrogens with zero attached hydrogens (tertiary/aromatic N) is 2. The zero-order valence-corrected chi connectivity index (χ0v) is 25.6. The first-order chi connectivity index (χ1) is 20.3. The van der Waals surface area contributed by atoms with E-state index in [1.807, 2.05) is 46.4 Å². The normalized spacial score (nSPS) is 17.2. The predicted molar refractivity (Wildman–Crippen MR) is 161 cm³/mol. The van der Waals surface area contributed by atoms with Crippen LogP contribution in [0.4, 0.5) is 4.79 Å². The number of nitrogens with one attached hydrogen (secondary N) is 2. The van der Waals surface area contributed by atoms with Crippen LogP contribution < -0.4 is 25.1 Å². The Balaban J connectivity index is 1.20. The lowest BCUT2D eigenvalue weighted by Gasteiger charge is -2.35. The van der Waals surface area contributed by atoms with Crippen molar-refractivity contribution in [1.82, 2.24) is 20.2 Å². The van der Waals surface area contributed by atoms with Gasteiger partial charge in [-0.15, -0.1) is 0 Å². The smallest absolute Gasteiger partial charge is 0.407 e. The van der Waals surface area contributed by atoms with Gasteiger partial charge in [0.15, 0.2) is 11.5 Å². The third-order valence-electron chi connectivity index (χ3n) is 7.75. The van der Waals surface area contributed by atoms with E-state index in [0.29, 0.717) is 40.4 Å². The molecular formula is C32H40N4O7. The highest BCUT2D eigenvalue weighted by Crippen LogP contribution is 2.37. The van der Waals surface area contributed by atoms with Crippen LogP contribution in [0.2, 0.25) is 0 Å². The van der Waals surface area contributed by atoms with Gasteiger partial charge in [-0.1, -0.05) is 46.8 Å². The molecule has 2 aliphatic heterocycles. The van der Waals surface area contributed by atoms with Crippen LogP contribution >= 0.6 is 0 Å². The molecule has 2 aliphatic rings. The first kappa shape index (κ1) is 30.2. The second-order valence-corrected chi connectivity index (χ2v) is 13.1. The van der Waals surface area contributed by atoms with Crippen molar-refractivity contribution in [3.8, 4) is 28.5 Å². The molecule has 1 saturated heterocycles. The number of benzene rings is 2. The number of alkyl carbamates (subject to hydrolysis) is 1. The van der Waals surface area contributed by atoms with Gasteiger partial charge in [0.1, 0.15) is 29.6 Å². The number of H-pyrrole nitrogens is 1. The first-order valence-corrected chi connectivity index (χ1v) is 14.6. The molecular weight excluding hydrogens is 552 g/mol. The minimum Gasteiger partial charge on any atom is -0.493 e. The molecule has 2 aromatic carbocycles. The van der Waals surface area contributed by atoms with Crippen LogP contribution in [0.5, 0.6) is 17.2 Å². The van der Waals surface area contributed by atoms with Crippen LogP contribution in [0.1, 0.15) is 54.4 Å². The molecule has 0 bridgehead atoms. The molecule has 1 fully saturated rings. The van der Waals surface area contributed by atoms with Crippen molar-refractivity contribution < 1.29 is 28.5 Å². The molecule has 0 saturated carbocycles. The van der Waals surface area contributed by atoms with Gasteiger partial charge in [-0.05, 0) is 49.4 Å². The van der Waals surface area contributed by atoms with Gasteiger partial charge in [0, 0.05) is 23.6 Å². The number of rotatable bonds is 8. The number of fused-ring (bicyclic) bond motifs is 3. The maximum Gasteiger partial charge on any atom is 0.407 e. The molecule has 1 unspecified atom stereocenters. The highest BCUT2D eigenvalue weighted by Gasteiger charge is 2.39. The molecule has 5 rings (SSSR count). The zero-order valence-electron chi connectivity index (χ0n) is 25.6. The summed E-state index contributed by atoms with van der Waals surface area (Å²) in [5.74, 6) is 1.50. The molecule has 2 atom stereocenters. The highest BCUT2D eigenvalue weighted by molar-refractivity contribution is 5.87. The van der Waals surface area contributed by atoms with Gasteiger partial charge in [0.05, 0.1) is 12.1 Å². The standard InChI is InChI=1S/C32H40N4O7/c1-19-9-8-14-36(19)29(38)27(31(2,3)4)35-30(39)41-17-32(5,6)16-40-21-11-7-10-20(15-21)24-28(37)34-25-22(33-24)12-13-23-26(25)43-18-42-23/h7,10-13,15,19,27H,8-9,14,16-18H2,1-6H3,(H,34,37)(H,35,39)/t19?,27-/m1/s1. The van der Waals surface area contributed by atoms with Gasteiger partial charge >= 0.3 is 6.09 Å². The summed E-state index contributed by atoms with van der Waals surface area (Å²) < 4.78 is 22.5. The summed E-state index contributed by atoms with van der Waals surface area (Å²) in [6, 6.07) is 10.1. The Hall–Kier alpha value is -4.28. The van der Waals surface area contributed by atoms with Crippen LogP contribution in [-0.2, 0) is 9.53 Å². The average molecular weight is 593 g/mol. The number of aromatic amines is 1. The van der Waals surface area contributed by atoms with E-state index in [9.17, 15) is 14.4 Å². The van der Waals surface area contributed by atoms with E-state index in [0.717, 1.165) is 12.8 Å². The van der Waals surface area contributed by atoms with Gasteiger partial charge in [-0.25, -0.2) is 9.78 Å². The summed E-state index contributed by atoms with van der Waals surface area (Å²) in [6.07, 6.45) is 1.29. The number of hydrogen-bond donors (Lipinski definition) is 2. The summed E-state index contributed by atoms with van der Waals surface area (Å²) >= 11 is 0. The number of hydrogen-bond acceptors (Lipinski definition) is 8. The highest BCUT2D eigenvalue weighted by atomic mass is 16.7. The first-order valence-electron chi connectivity index (χ1n) is 14.6. The van der Waals surface area contributed by atoms with Crippen LogP contribution in [0.15, 0.2) is 41.2 Å². The minimum absolute atomic E-state index is 0.0751. The van der Waals surface area contributed by atoms with Crippen LogP contribution in [-0.4, -0.2) is 65.5 Å². The summed E-state index contributed by atoms with van der Waals surface area (Å²) in [6.45, 7) is 12.8. The fourth-order valence-electron chi connectivity index (χ4n) is 5.26. The van der Waals surface area contributed by atoms with E-state index in [1.54, 1.807) is 36.4 Å². The number of likely N-dealkylation sites (tertiary alicyclic amines) is 1. The third kappa shape index (κ3) is 6.71. The molecule has 2 amide bonds. The quantitative estimate of drug-likeness (QED) is 0.379. The van der Waals surface area contributed by atoms with Crippen LogP contribution in [0, 0.1) is 10.8 Å².